The summed E-state index contributed by atoms with van der Waals surface area (Å²) in [6, 6.07) is 9.25. The van der Waals surface area contributed by atoms with Crippen molar-refractivity contribution in [2.24, 2.45) is 5.92 Å². The quantitative estimate of drug-likeness (QED) is 0.843. The van der Waals surface area contributed by atoms with Crippen molar-refractivity contribution in [2.75, 3.05) is 20.2 Å². The summed E-state index contributed by atoms with van der Waals surface area (Å²) in [5.74, 6) is -0.923. The summed E-state index contributed by atoms with van der Waals surface area (Å²) in [5.41, 5.74) is 1.03. The van der Waals surface area contributed by atoms with Crippen LogP contribution in [0.3, 0.4) is 0 Å². The van der Waals surface area contributed by atoms with Crippen LogP contribution in [0, 0.1) is 5.92 Å². The average Bonchev–Trinajstić information content (AvgIpc) is 2.97. The van der Waals surface area contributed by atoms with Gasteiger partial charge in [0.1, 0.15) is 6.04 Å². The van der Waals surface area contributed by atoms with Crippen LogP contribution in [0.15, 0.2) is 30.3 Å². The summed E-state index contributed by atoms with van der Waals surface area (Å²) >= 11 is 0. The van der Waals surface area contributed by atoms with Crippen molar-refractivity contribution in [3.05, 3.63) is 35.9 Å². The van der Waals surface area contributed by atoms with E-state index in [9.17, 15) is 14.4 Å². The van der Waals surface area contributed by atoms with Gasteiger partial charge in [-0.05, 0) is 18.4 Å². The number of esters is 1. The number of hydrogen-bond acceptors (Lipinski definition) is 4. The number of carbonyl (C=O) groups is 3. The van der Waals surface area contributed by atoms with Crippen LogP contribution in [-0.2, 0) is 19.1 Å². The molecule has 0 bridgehead atoms. The maximum atomic E-state index is 12.9. The van der Waals surface area contributed by atoms with Crippen molar-refractivity contribution in [1.29, 1.82) is 0 Å². The Morgan fingerprint density at radius 1 is 1.16 bits per heavy atom. The Morgan fingerprint density at radius 2 is 1.92 bits per heavy atom. The van der Waals surface area contributed by atoms with E-state index in [1.165, 1.54) is 7.11 Å². The lowest BCUT2D eigenvalue weighted by Crippen LogP contribution is -2.47. The molecule has 0 saturated carbocycles. The summed E-state index contributed by atoms with van der Waals surface area (Å²) in [4.78, 5) is 38.6. The Labute approximate surface area is 147 Å². The molecule has 1 aromatic rings. The molecule has 2 saturated heterocycles. The lowest BCUT2D eigenvalue weighted by molar-refractivity contribution is -0.145. The van der Waals surface area contributed by atoms with E-state index in [0.29, 0.717) is 25.9 Å². The number of hydrogen-bond donors (Lipinski definition) is 1. The Hall–Kier alpha value is -2.37. The zero-order valence-electron chi connectivity index (χ0n) is 14.4. The zero-order valence-corrected chi connectivity index (χ0v) is 14.4. The van der Waals surface area contributed by atoms with Crippen molar-refractivity contribution < 1.29 is 19.1 Å². The van der Waals surface area contributed by atoms with Gasteiger partial charge in [0.15, 0.2) is 0 Å². The lowest BCUT2D eigenvalue weighted by Gasteiger charge is -2.23. The van der Waals surface area contributed by atoms with Gasteiger partial charge in [0.2, 0.25) is 11.8 Å². The third kappa shape index (κ3) is 3.83. The lowest BCUT2D eigenvalue weighted by atomic mass is 9.89. The van der Waals surface area contributed by atoms with E-state index in [0.717, 1.165) is 18.4 Å². The van der Waals surface area contributed by atoms with E-state index in [1.54, 1.807) is 4.90 Å². The summed E-state index contributed by atoms with van der Waals surface area (Å²) in [6.07, 6.45) is 2.79. The number of likely N-dealkylation sites (tertiary alicyclic amines) is 1. The molecular weight excluding hydrogens is 320 g/mol. The first-order valence-corrected chi connectivity index (χ1v) is 8.81. The molecule has 3 atom stereocenters. The number of nitrogens with zero attached hydrogens (tertiary/aromatic N) is 1. The minimum Gasteiger partial charge on any atom is -0.469 e. The normalized spacial score (nSPS) is 26.7. The number of nitrogens with one attached hydrogen (secondary N) is 1. The van der Waals surface area contributed by atoms with Gasteiger partial charge >= 0.3 is 5.97 Å². The summed E-state index contributed by atoms with van der Waals surface area (Å²) in [5, 5.41) is 2.82. The predicted octanol–water partition coefficient (Wildman–Crippen LogP) is 1.46. The van der Waals surface area contributed by atoms with Crippen molar-refractivity contribution in [2.45, 2.75) is 37.6 Å². The smallest absolute Gasteiger partial charge is 0.311 e. The zero-order chi connectivity index (χ0) is 17.8. The van der Waals surface area contributed by atoms with Crippen molar-refractivity contribution in [1.82, 2.24) is 10.2 Å². The van der Waals surface area contributed by atoms with Gasteiger partial charge in [-0.2, -0.15) is 0 Å². The number of ether oxygens (including phenoxy) is 1. The van der Waals surface area contributed by atoms with Crippen LogP contribution < -0.4 is 5.32 Å². The molecule has 0 radical (unpaired) electrons. The van der Waals surface area contributed by atoms with Crippen LogP contribution in [0.4, 0.5) is 0 Å². The van der Waals surface area contributed by atoms with Gasteiger partial charge in [-0.3, -0.25) is 14.4 Å². The molecule has 6 nitrogen and oxygen atoms in total. The summed E-state index contributed by atoms with van der Waals surface area (Å²) in [6.45, 7) is 0.798. The number of amides is 2. The molecule has 2 heterocycles. The molecule has 1 aromatic carbocycles. The highest BCUT2D eigenvalue weighted by atomic mass is 16.5. The van der Waals surface area contributed by atoms with Crippen molar-refractivity contribution in [3.63, 3.8) is 0 Å². The standard InChI is InChI=1S/C19H24N2O4/c1-25-19(24)15-12-21(11-14(15)13-7-3-2-4-8-13)18(23)16-9-5-6-10-17(22)20-16/h2-4,7-8,14-16H,5-6,9-12H2,1H3,(H,20,22)/t14-,15+,16+/m0/s1. The van der Waals surface area contributed by atoms with E-state index in [2.05, 4.69) is 5.32 Å². The van der Waals surface area contributed by atoms with Crippen LogP contribution in [0.2, 0.25) is 0 Å². The maximum absolute atomic E-state index is 12.9. The number of rotatable bonds is 3. The number of carbonyl (C=O) groups excluding carboxylic acids is 3. The van der Waals surface area contributed by atoms with Gasteiger partial charge in [-0.15, -0.1) is 0 Å². The molecule has 1 N–H and O–H groups in total. The fraction of sp³-hybridized carbons (Fsp3) is 0.526. The van der Waals surface area contributed by atoms with Crippen molar-refractivity contribution >= 4 is 17.8 Å². The maximum Gasteiger partial charge on any atom is 0.311 e. The topological polar surface area (TPSA) is 75.7 Å². The second-order valence-electron chi connectivity index (χ2n) is 6.76. The van der Waals surface area contributed by atoms with E-state index >= 15 is 0 Å². The first-order valence-electron chi connectivity index (χ1n) is 8.81. The molecule has 2 fully saturated rings. The Bertz CT molecular complexity index is 646. The first-order chi connectivity index (χ1) is 12.1. The van der Waals surface area contributed by atoms with Crippen LogP contribution >= 0.6 is 0 Å². The van der Waals surface area contributed by atoms with E-state index in [-0.39, 0.29) is 29.6 Å². The van der Waals surface area contributed by atoms with Gasteiger partial charge in [-0.1, -0.05) is 36.8 Å². The summed E-state index contributed by atoms with van der Waals surface area (Å²) < 4.78 is 4.95. The molecule has 0 unspecified atom stereocenters. The van der Waals surface area contributed by atoms with Gasteiger partial charge in [0.05, 0.1) is 13.0 Å². The third-order valence-electron chi connectivity index (χ3n) is 5.14. The minimum absolute atomic E-state index is 0.0702. The molecule has 25 heavy (non-hydrogen) atoms. The van der Waals surface area contributed by atoms with E-state index < -0.39 is 6.04 Å². The van der Waals surface area contributed by atoms with Crippen LogP contribution in [-0.4, -0.2) is 48.9 Å². The molecule has 0 aromatic heterocycles. The fourth-order valence-corrected chi connectivity index (χ4v) is 3.79. The Balaban J connectivity index is 1.77. The number of methoxy groups -OCH3 is 1. The predicted molar refractivity (Wildman–Crippen MR) is 91.7 cm³/mol. The van der Waals surface area contributed by atoms with Crippen LogP contribution in [0.25, 0.3) is 0 Å². The molecule has 2 aliphatic heterocycles. The molecule has 2 aliphatic rings. The average molecular weight is 344 g/mol. The Morgan fingerprint density at radius 3 is 2.64 bits per heavy atom. The minimum atomic E-state index is -0.483. The highest BCUT2D eigenvalue weighted by molar-refractivity contribution is 5.89. The van der Waals surface area contributed by atoms with E-state index in [4.69, 9.17) is 4.74 Å². The molecule has 0 aliphatic carbocycles. The number of benzene rings is 1. The second kappa shape index (κ2) is 7.68. The SMILES string of the molecule is COC(=O)[C@@H]1CN(C(=O)[C@H]2CCCCC(=O)N2)C[C@H]1c1ccccc1. The summed E-state index contributed by atoms with van der Waals surface area (Å²) in [7, 11) is 1.38. The van der Waals surface area contributed by atoms with Gasteiger partial charge in [-0.25, -0.2) is 0 Å². The highest BCUT2D eigenvalue weighted by Crippen LogP contribution is 2.34. The largest absolute Gasteiger partial charge is 0.469 e. The monoisotopic (exact) mass is 344 g/mol. The van der Waals surface area contributed by atoms with Crippen LogP contribution in [0.5, 0.6) is 0 Å². The molecular formula is C19H24N2O4. The first kappa shape index (κ1) is 17.5. The van der Waals surface area contributed by atoms with Crippen molar-refractivity contribution in [3.8, 4) is 0 Å². The molecule has 6 heteroatoms. The van der Waals surface area contributed by atoms with Gasteiger partial charge in [0.25, 0.3) is 0 Å². The highest BCUT2D eigenvalue weighted by Gasteiger charge is 2.42. The Kier molecular flexibility index (Phi) is 5.36. The van der Waals surface area contributed by atoms with Gasteiger partial charge in [0, 0.05) is 25.4 Å². The third-order valence-corrected chi connectivity index (χ3v) is 5.14. The fourth-order valence-electron chi connectivity index (χ4n) is 3.79. The van der Waals surface area contributed by atoms with E-state index in [1.807, 2.05) is 30.3 Å². The molecule has 0 spiro atoms. The molecule has 134 valence electrons. The second-order valence-corrected chi connectivity index (χ2v) is 6.76. The molecule has 3 rings (SSSR count). The van der Waals surface area contributed by atoms with Crippen LogP contribution in [0.1, 0.15) is 37.2 Å². The van der Waals surface area contributed by atoms with Gasteiger partial charge < -0.3 is 15.0 Å². The molecule has 2 amide bonds.